The summed E-state index contributed by atoms with van der Waals surface area (Å²) in [7, 11) is 1.42. The normalized spacial score (nSPS) is 10.1. The molecule has 1 aromatic heterocycles. The van der Waals surface area contributed by atoms with Gasteiger partial charge in [-0.15, -0.1) is 0 Å². The van der Waals surface area contributed by atoms with Crippen molar-refractivity contribution in [3.8, 4) is 17.6 Å². The highest BCUT2D eigenvalue weighted by atomic mass is 19.1. The number of benzene rings is 1. The highest BCUT2D eigenvalue weighted by Crippen LogP contribution is 2.24. The number of aromatic nitrogens is 2. The van der Waals surface area contributed by atoms with Gasteiger partial charge in [-0.1, -0.05) is 18.2 Å². The summed E-state index contributed by atoms with van der Waals surface area (Å²) in [5.41, 5.74) is 0.286. The molecule has 6 heteroatoms. The summed E-state index contributed by atoms with van der Waals surface area (Å²) in [6.07, 6.45) is 0. The molecule has 0 saturated heterocycles. The second-order valence-electron chi connectivity index (χ2n) is 3.38. The van der Waals surface area contributed by atoms with Crippen LogP contribution in [0.15, 0.2) is 30.3 Å². The highest BCUT2D eigenvalue weighted by molar-refractivity contribution is 5.39. The summed E-state index contributed by atoms with van der Waals surface area (Å²) >= 11 is 0. The highest BCUT2D eigenvalue weighted by Gasteiger charge is 2.20. The minimum atomic E-state index is -0.793. The number of para-hydroxylation sites is 1. The van der Waals surface area contributed by atoms with Gasteiger partial charge in [0.1, 0.15) is 6.07 Å². The molecular weight excluding hydrogens is 237 g/mol. The van der Waals surface area contributed by atoms with E-state index in [0.29, 0.717) is 5.69 Å². The molecule has 0 unspecified atom stereocenters. The van der Waals surface area contributed by atoms with Gasteiger partial charge in [-0.2, -0.15) is 19.4 Å². The Labute approximate surface area is 103 Å². The summed E-state index contributed by atoms with van der Waals surface area (Å²) in [6, 6.07) is 10.5. The summed E-state index contributed by atoms with van der Waals surface area (Å²) in [4.78, 5) is 0. The first-order chi connectivity index (χ1) is 8.77. The van der Waals surface area contributed by atoms with Gasteiger partial charge in [0, 0.05) is 7.11 Å². The number of ether oxygens (including phenoxy) is 2. The molecule has 0 bridgehead atoms. The van der Waals surface area contributed by atoms with E-state index in [9.17, 15) is 4.39 Å². The van der Waals surface area contributed by atoms with E-state index in [1.807, 2.05) is 6.07 Å². The summed E-state index contributed by atoms with van der Waals surface area (Å²) in [6.45, 7) is -0.125. The van der Waals surface area contributed by atoms with E-state index >= 15 is 0 Å². The molecule has 0 amide bonds. The maximum atomic E-state index is 13.8. The number of hydrogen-bond donors (Lipinski definition) is 0. The number of nitriles is 1. The molecule has 0 atom stereocenters. The Morgan fingerprint density at radius 2 is 2.11 bits per heavy atom. The monoisotopic (exact) mass is 247 g/mol. The van der Waals surface area contributed by atoms with E-state index in [1.165, 1.54) is 11.8 Å². The van der Waals surface area contributed by atoms with Crippen molar-refractivity contribution < 1.29 is 13.9 Å². The zero-order chi connectivity index (χ0) is 13.0. The molecule has 0 aliphatic carbocycles. The van der Waals surface area contributed by atoms with Gasteiger partial charge in [-0.3, -0.25) is 0 Å². The summed E-state index contributed by atoms with van der Waals surface area (Å²) < 4.78 is 24.9. The second-order valence-corrected chi connectivity index (χ2v) is 3.38. The molecule has 0 N–H and O–H groups in total. The van der Waals surface area contributed by atoms with Gasteiger partial charge in [0.25, 0.3) is 5.88 Å². The molecule has 92 valence electrons. The lowest BCUT2D eigenvalue weighted by molar-refractivity contribution is 0.0431. The Balaban J connectivity index is 2.49. The third-order valence-corrected chi connectivity index (χ3v) is 2.21. The van der Waals surface area contributed by atoms with Gasteiger partial charge in [0.2, 0.25) is 11.5 Å². The van der Waals surface area contributed by atoms with E-state index in [1.54, 1.807) is 30.3 Å². The molecule has 0 saturated carbocycles. The summed E-state index contributed by atoms with van der Waals surface area (Å²) in [5.74, 6) is -0.932. The molecule has 2 aromatic rings. The predicted molar refractivity (Wildman–Crippen MR) is 60.7 cm³/mol. The SMILES string of the molecule is COCOc1c(F)c(C#N)nn1-c1ccccc1. The number of halogens is 1. The van der Waals surface area contributed by atoms with Gasteiger partial charge >= 0.3 is 0 Å². The van der Waals surface area contributed by atoms with Crippen LogP contribution >= 0.6 is 0 Å². The lowest BCUT2D eigenvalue weighted by atomic mass is 10.3. The number of nitrogens with zero attached hydrogens (tertiary/aromatic N) is 3. The second kappa shape index (κ2) is 5.29. The molecule has 18 heavy (non-hydrogen) atoms. The first-order valence-electron chi connectivity index (χ1n) is 5.13. The van der Waals surface area contributed by atoms with Crippen LogP contribution in [-0.2, 0) is 4.74 Å². The average molecular weight is 247 g/mol. The van der Waals surface area contributed by atoms with Crippen LogP contribution in [0.1, 0.15) is 5.69 Å². The van der Waals surface area contributed by atoms with Crippen molar-refractivity contribution in [1.29, 1.82) is 5.26 Å². The van der Waals surface area contributed by atoms with Crippen molar-refractivity contribution in [3.05, 3.63) is 41.8 Å². The first-order valence-corrected chi connectivity index (χ1v) is 5.13. The maximum absolute atomic E-state index is 13.8. The van der Waals surface area contributed by atoms with Gasteiger partial charge in [-0.25, -0.2) is 0 Å². The van der Waals surface area contributed by atoms with Crippen LogP contribution in [0.2, 0.25) is 0 Å². The quantitative estimate of drug-likeness (QED) is 0.774. The standard InChI is InChI=1S/C12H10FN3O2/c1-17-8-18-12-11(13)10(7-14)15-16(12)9-5-3-2-4-6-9/h2-6H,8H2,1H3. The fourth-order valence-corrected chi connectivity index (χ4v) is 1.44. The van der Waals surface area contributed by atoms with Crippen molar-refractivity contribution in [2.75, 3.05) is 13.9 Å². The number of rotatable bonds is 4. The van der Waals surface area contributed by atoms with E-state index in [-0.39, 0.29) is 18.4 Å². The van der Waals surface area contributed by atoms with Gasteiger partial charge in [0.05, 0.1) is 5.69 Å². The van der Waals surface area contributed by atoms with Gasteiger partial charge < -0.3 is 9.47 Å². The third-order valence-electron chi connectivity index (χ3n) is 2.21. The van der Waals surface area contributed by atoms with Crippen LogP contribution in [0, 0.1) is 17.1 Å². The Morgan fingerprint density at radius 3 is 2.72 bits per heavy atom. The number of methoxy groups -OCH3 is 1. The van der Waals surface area contributed by atoms with Crippen molar-refractivity contribution in [2.24, 2.45) is 0 Å². The van der Waals surface area contributed by atoms with Crippen LogP contribution in [0.5, 0.6) is 5.88 Å². The van der Waals surface area contributed by atoms with Gasteiger partial charge in [0.15, 0.2) is 6.79 Å². The largest absolute Gasteiger partial charge is 0.448 e. The van der Waals surface area contributed by atoms with Crippen LogP contribution in [0.25, 0.3) is 5.69 Å². The summed E-state index contributed by atoms with van der Waals surface area (Å²) in [5, 5.41) is 12.6. The van der Waals surface area contributed by atoms with E-state index in [0.717, 1.165) is 0 Å². The zero-order valence-corrected chi connectivity index (χ0v) is 9.63. The lowest BCUT2D eigenvalue weighted by Gasteiger charge is -2.07. The van der Waals surface area contributed by atoms with Crippen LogP contribution in [0.3, 0.4) is 0 Å². The maximum Gasteiger partial charge on any atom is 0.257 e. The first kappa shape index (κ1) is 12.1. The molecule has 2 rings (SSSR count). The zero-order valence-electron chi connectivity index (χ0n) is 9.63. The minimum absolute atomic E-state index is 0.125. The fraction of sp³-hybridized carbons (Fsp3) is 0.167. The lowest BCUT2D eigenvalue weighted by Crippen LogP contribution is -2.06. The molecule has 1 aromatic carbocycles. The molecule has 0 spiro atoms. The van der Waals surface area contributed by atoms with Crippen molar-refractivity contribution in [2.45, 2.75) is 0 Å². The fourth-order valence-electron chi connectivity index (χ4n) is 1.44. The van der Waals surface area contributed by atoms with Crippen LogP contribution in [-0.4, -0.2) is 23.7 Å². The van der Waals surface area contributed by atoms with Crippen LogP contribution in [0.4, 0.5) is 4.39 Å². The number of hydrogen-bond acceptors (Lipinski definition) is 4. The molecule has 5 nitrogen and oxygen atoms in total. The van der Waals surface area contributed by atoms with Crippen molar-refractivity contribution in [3.63, 3.8) is 0 Å². The van der Waals surface area contributed by atoms with Gasteiger partial charge in [-0.05, 0) is 12.1 Å². The Bertz CT molecular complexity index is 575. The predicted octanol–water partition coefficient (Wildman–Crippen LogP) is 1.87. The minimum Gasteiger partial charge on any atom is -0.448 e. The average Bonchev–Trinajstić information content (AvgIpc) is 2.74. The Kier molecular flexibility index (Phi) is 3.55. The molecule has 0 aliphatic rings. The van der Waals surface area contributed by atoms with Crippen LogP contribution < -0.4 is 4.74 Å². The molecule has 0 fully saturated rings. The van der Waals surface area contributed by atoms with E-state index < -0.39 is 5.82 Å². The topological polar surface area (TPSA) is 60.1 Å². The van der Waals surface area contributed by atoms with Crippen molar-refractivity contribution >= 4 is 0 Å². The van der Waals surface area contributed by atoms with E-state index in [2.05, 4.69) is 5.10 Å². The smallest absolute Gasteiger partial charge is 0.257 e. The molecule has 0 radical (unpaired) electrons. The molecule has 1 heterocycles. The Morgan fingerprint density at radius 1 is 1.39 bits per heavy atom. The third kappa shape index (κ3) is 2.17. The Hall–Kier alpha value is -2.39. The molecule has 0 aliphatic heterocycles. The molecular formula is C12H10FN3O2. The van der Waals surface area contributed by atoms with Crippen molar-refractivity contribution in [1.82, 2.24) is 9.78 Å². The van der Waals surface area contributed by atoms with E-state index in [4.69, 9.17) is 14.7 Å².